The molecule has 0 aliphatic carbocycles. The van der Waals surface area contributed by atoms with E-state index >= 15 is 0 Å². The van der Waals surface area contributed by atoms with Crippen molar-refractivity contribution >= 4 is 11.8 Å². The Kier molecular flexibility index (Phi) is 5.20. The molecule has 2 nitrogen and oxygen atoms in total. The van der Waals surface area contributed by atoms with E-state index in [0.29, 0.717) is 6.54 Å². The molecule has 5 heteroatoms. The Morgan fingerprint density at radius 2 is 1.80 bits per heavy atom. The van der Waals surface area contributed by atoms with Gasteiger partial charge >= 0.3 is 0 Å². The zero-order valence-electron chi connectivity index (χ0n) is 11.5. The van der Waals surface area contributed by atoms with Crippen LogP contribution >= 0.6 is 11.8 Å². The van der Waals surface area contributed by atoms with E-state index in [1.165, 1.54) is 18.2 Å². The Balaban J connectivity index is 1.99. The Bertz CT molecular complexity index is 551. The summed E-state index contributed by atoms with van der Waals surface area (Å²) in [7, 11) is 0. The van der Waals surface area contributed by atoms with E-state index in [9.17, 15) is 8.78 Å². The Morgan fingerprint density at radius 3 is 2.45 bits per heavy atom. The maximum atomic E-state index is 13.6. The summed E-state index contributed by atoms with van der Waals surface area (Å²) in [5.41, 5.74) is 0.0587. The monoisotopic (exact) mass is 297 g/mol. The molecule has 0 radical (unpaired) electrons. The van der Waals surface area contributed by atoms with Crippen molar-refractivity contribution in [1.82, 2.24) is 5.32 Å². The van der Waals surface area contributed by atoms with Crippen molar-refractivity contribution in [2.24, 2.45) is 0 Å². The molecule has 20 heavy (non-hydrogen) atoms. The van der Waals surface area contributed by atoms with Crippen LogP contribution in [0.15, 0.2) is 34.7 Å². The number of furan rings is 1. The van der Waals surface area contributed by atoms with E-state index in [0.717, 1.165) is 17.3 Å². The lowest BCUT2D eigenvalue weighted by Crippen LogP contribution is -2.20. The van der Waals surface area contributed by atoms with Crippen LogP contribution in [0, 0.1) is 11.6 Å². The number of thioether (sulfide) groups is 1. The van der Waals surface area contributed by atoms with Crippen LogP contribution < -0.4 is 5.32 Å². The lowest BCUT2D eigenvalue weighted by Gasteiger charge is -2.14. The first-order valence-corrected chi connectivity index (χ1v) is 7.75. The molecule has 1 atom stereocenters. The molecule has 2 aromatic rings. The van der Waals surface area contributed by atoms with Gasteiger partial charge in [-0.05, 0) is 37.4 Å². The highest BCUT2D eigenvalue weighted by atomic mass is 32.2. The van der Waals surface area contributed by atoms with Gasteiger partial charge in [-0.2, -0.15) is 11.8 Å². The third kappa shape index (κ3) is 3.61. The molecule has 0 amide bonds. The Labute approximate surface area is 121 Å². The van der Waals surface area contributed by atoms with Crippen LogP contribution in [0.25, 0.3) is 0 Å². The number of benzene rings is 1. The molecule has 0 aliphatic rings. The third-order valence-corrected chi connectivity index (χ3v) is 3.59. The quantitative estimate of drug-likeness (QED) is 0.862. The number of hydrogen-bond donors (Lipinski definition) is 1. The van der Waals surface area contributed by atoms with Gasteiger partial charge in [-0.15, -0.1) is 0 Å². The molecule has 108 valence electrons. The lowest BCUT2D eigenvalue weighted by molar-refractivity contribution is 0.428. The topological polar surface area (TPSA) is 25.2 Å². The van der Waals surface area contributed by atoms with Crippen molar-refractivity contribution in [2.75, 3.05) is 6.26 Å². The van der Waals surface area contributed by atoms with Crippen LogP contribution in [-0.4, -0.2) is 6.26 Å². The van der Waals surface area contributed by atoms with E-state index in [1.54, 1.807) is 18.7 Å². The molecule has 0 aliphatic heterocycles. The average molecular weight is 297 g/mol. The van der Waals surface area contributed by atoms with Gasteiger partial charge in [0, 0.05) is 11.6 Å². The third-order valence-electron chi connectivity index (χ3n) is 3.02. The summed E-state index contributed by atoms with van der Waals surface area (Å²) in [5, 5.41) is 3.07. The first-order valence-electron chi connectivity index (χ1n) is 6.35. The fourth-order valence-electron chi connectivity index (χ4n) is 2.02. The minimum absolute atomic E-state index is 0.0587. The van der Waals surface area contributed by atoms with Gasteiger partial charge in [0.15, 0.2) is 0 Å². The molecule has 1 aromatic heterocycles. The summed E-state index contributed by atoms with van der Waals surface area (Å²) in [5.74, 6) is 1.41. The predicted molar refractivity (Wildman–Crippen MR) is 77.5 cm³/mol. The van der Waals surface area contributed by atoms with Gasteiger partial charge in [0.25, 0.3) is 0 Å². The molecule has 2 rings (SSSR count). The van der Waals surface area contributed by atoms with E-state index in [2.05, 4.69) is 5.32 Å². The smallest absolute Gasteiger partial charge is 0.130 e. The van der Waals surface area contributed by atoms with Crippen LogP contribution in [-0.2, 0) is 12.3 Å². The van der Waals surface area contributed by atoms with Crippen molar-refractivity contribution in [3.05, 3.63) is 59.1 Å². The first-order chi connectivity index (χ1) is 9.61. The standard InChI is InChI=1S/C15H17F2NOS/c1-10(15-13(16)4-3-5-14(15)17)18-8-11-6-7-12(19-11)9-20-2/h3-7,10,18H,8-9H2,1-2H3. The summed E-state index contributed by atoms with van der Waals surface area (Å²) in [6.45, 7) is 2.16. The molecule has 0 saturated carbocycles. The number of hydrogen-bond acceptors (Lipinski definition) is 3. The highest BCUT2D eigenvalue weighted by Gasteiger charge is 2.15. The van der Waals surface area contributed by atoms with Crippen molar-refractivity contribution in [3.8, 4) is 0 Å². The van der Waals surface area contributed by atoms with Gasteiger partial charge in [0.1, 0.15) is 23.2 Å². The maximum absolute atomic E-state index is 13.6. The van der Waals surface area contributed by atoms with Gasteiger partial charge in [0.2, 0.25) is 0 Å². The second-order valence-electron chi connectivity index (χ2n) is 4.54. The van der Waals surface area contributed by atoms with Crippen LogP contribution in [0.3, 0.4) is 0 Å². The molecule has 1 heterocycles. The van der Waals surface area contributed by atoms with Crippen molar-refractivity contribution < 1.29 is 13.2 Å². The minimum Gasteiger partial charge on any atom is -0.464 e. The van der Waals surface area contributed by atoms with Crippen LogP contribution in [0.4, 0.5) is 8.78 Å². The molecule has 0 bridgehead atoms. The van der Waals surface area contributed by atoms with Gasteiger partial charge in [0.05, 0.1) is 12.3 Å². The molecule has 1 N–H and O–H groups in total. The maximum Gasteiger partial charge on any atom is 0.130 e. The molecule has 0 fully saturated rings. The van der Waals surface area contributed by atoms with E-state index in [4.69, 9.17) is 4.42 Å². The predicted octanol–water partition coefficient (Wildman–Crippen LogP) is 4.27. The van der Waals surface area contributed by atoms with Gasteiger partial charge in [-0.3, -0.25) is 0 Å². The summed E-state index contributed by atoms with van der Waals surface area (Å²) >= 11 is 1.68. The summed E-state index contributed by atoms with van der Waals surface area (Å²) in [4.78, 5) is 0. The van der Waals surface area contributed by atoms with Gasteiger partial charge in [-0.25, -0.2) is 8.78 Å². The molecular weight excluding hydrogens is 280 g/mol. The molecule has 1 aromatic carbocycles. The molecule has 0 saturated heterocycles. The van der Waals surface area contributed by atoms with E-state index in [-0.39, 0.29) is 5.56 Å². The zero-order chi connectivity index (χ0) is 14.5. The lowest BCUT2D eigenvalue weighted by atomic mass is 10.1. The number of halogens is 2. The fourth-order valence-corrected chi connectivity index (χ4v) is 2.46. The second kappa shape index (κ2) is 6.90. The fraction of sp³-hybridized carbons (Fsp3) is 0.333. The zero-order valence-corrected chi connectivity index (χ0v) is 12.3. The van der Waals surface area contributed by atoms with Crippen LogP contribution in [0.1, 0.15) is 30.0 Å². The summed E-state index contributed by atoms with van der Waals surface area (Å²) in [6.07, 6.45) is 2.00. The largest absolute Gasteiger partial charge is 0.464 e. The minimum atomic E-state index is -0.535. The highest BCUT2D eigenvalue weighted by Crippen LogP contribution is 2.21. The summed E-state index contributed by atoms with van der Waals surface area (Å²) in [6, 6.07) is 7.26. The van der Waals surface area contributed by atoms with Gasteiger partial charge in [-0.1, -0.05) is 6.07 Å². The molecule has 0 spiro atoms. The van der Waals surface area contributed by atoms with E-state index < -0.39 is 17.7 Å². The number of nitrogens with one attached hydrogen (secondary N) is 1. The Morgan fingerprint density at radius 1 is 1.15 bits per heavy atom. The second-order valence-corrected chi connectivity index (χ2v) is 5.40. The average Bonchev–Trinajstić information content (AvgIpc) is 2.84. The normalized spacial score (nSPS) is 12.6. The van der Waals surface area contributed by atoms with Crippen LogP contribution in [0.2, 0.25) is 0 Å². The van der Waals surface area contributed by atoms with Crippen molar-refractivity contribution in [2.45, 2.75) is 25.3 Å². The van der Waals surface area contributed by atoms with Crippen molar-refractivity contribution in [1.29, 1.82) is 0 Å². The Hall–Kier alpha value is -1.33. The first kappa shape index (κ1) is 15.1. The van der Waals surface area contributed by atoms with Crippen molar-refractivity contribution in [3.63, 3.8) is 0 Å². The summed E-state index contributed by atoms with van der Waals surface area (Å²) < 4.78 is 32.8. The molecule has 1 unspecified atom stereocenters. The highest BCUT2D eigenvalue weighted by molar-refractivity contribution is 7.97. The van der Waals surface area contributed by atoms with E-state index in [1.807, 2.05) is 18.4 Å². The van der Waals surface area contributed by atoms with Crippen LogP contribution in [0.5, 0.6) is 0 Å². The SMILES string of the molecule is CSCc1ccc(CNC(C)c2c(F)cccc2F)o1. The number of rotatable bonds is 6. The van der Waals surface area contributed by atoms with Gasteiger partial charge < -0.3 is 9.73 Å². The molecular formula is C15H17F2NOS.